The lowest BCUT2D eigenvalue weighted by atomic mass is 9.96. The van der Waals surface area contributed by atoms with Gasteiger partial charge >= 0.3 is 5.97 Å². The normalized spacial score (nSPS) is 12.1. The summed E-state index contributed by atoms with van der Waals surface area (Å²) in [5.74, 6) is -1.24. The van der Waals surface area contributed by atoms with E-state index in [1.165, 1.54) is 0 Å². The molecule has 2 rings (SSSR count). The lowest BCUT2D eigenvalue weighted by Crippen LogP contribution is -2.11. The minimum Gasteiger partial charge on any atom is -0.479 e. The second kappa shape index (κ2) is 4.80. The summed E-state index contributed by atoms with van der Waals surface area (Å²) >= 11 is 0. The van der Waals surface area contributed by atoms with E-state index in [-0.39, 0.29) is 0 Å². The second-order valence-electron chi connectivity index (χ2n) is 3.69. The van der Waals surface area contributed by atoms with E-state index in [0.29, 0.717) is 5.56 Å². The monoisotopic (exact) mass is 228 g/mol. The van der Waals surface area contributed by atoms with Gasteiger partial charge in [0.25, 0.3) is 0 Å². The van der Waals surface area contributed by atoms with E-state index in [0.717, 1.165) is 11.1 Å². The van der Waals surface area contributed by atoms with E-state index in [9.17, 15) is 9.90 Å². The summed E-state index contributed by atoms with van der Waals surface area (Å²) in [7, 11) is 0. The molecule has 0 aromatic heterocycles. The van der Waals surface area contributed by atoms with Crippen molar-refractivity contribution in [1.29, 1.82) is 0 Å². The van der Waals surface area contributed by atoms with Gasteiger partial charge in [0, 0.05) is 0 Å². The van der Waals surface area contributed by atoms with Crippen molar-refractivity contribution in [2.45, 2.75) is 6.10 Å². The van der Waals surface area contributed by atoms with Crippen molar-refractivity contribution in [2.24, 2.45) is 0 Å². The van der Waals surface area contributed by atoms with Crippen molar-refractivity contribution in [1.82, 2.24) is 0 Å². The molecule has 0 aliphatic rings. The van der Waals surface area contributed by atoms with Crippen LogP contribution in [0.3, 0.4) is 0 Å². The van der Waals surface area contributed by atoms with Gasteiger partial charge in [-0.1, -0.05) is 54.6 Å². The van der Waals surface area contributed by atoms with Crippen LogP contribution in [-0.2, 0) is 4.79 Å². The highest BCUT2D eigenvalue weighted by molar-refractivity contribution is 5.79. The summed E-state index contributed by atoms with van der Waals surface area (Å²) in [5, 5.41) is 18.5. The Kier molecular flexibility index (Phi) is 3.21. The Morgan fingerprint density at radius 1 is 0.941 bits per heavy atom. The Balaban J connectivity index is 2.52. The molecule has 2 aromatic rings. The molecular formula is C14H12O3. The molecule has 0 fully saturated rings. The number of benzene rings is 2. The van der Waals surface area contributed by atoms with Crippen LogP contribution < -0.4 is 0 Å². The van der Waals surface area contributed by atoms with E-state index in [1.54, 1.807) is 18.2 Å². The van der Waals surface area contributed by atoms with Gasteiger partial charge in [-0.15, -0.1) is 0 Å². The van der Waals surface area contributed by atoms with Gasteiger partial charge in [-0.25, -0.2) is 4.79 Å². The van der Waals surface area contributed by atoms with Crippen LogP contribution in [0.4, 0.5) is 0 Å². The number of rotatable bonds is 3. The zero-order valence-corrected chi connectivity index (χ0v) is 9.08. The van der Waals surface area contributed by atoms with Crippen molar-refractivity contribution in [3.05, 3.63) is 60.2 Å². The van der Waals surface area contributed by atoms with E-state index in [2.05, 4.69) is 0 Å². The quantitative estimate of drug-likeness (QED) is 0.848. The van der Waals surface area contributed by atoms with Gasteiger partial charge in [0.2, 0.25) is 0 Å². The number of hydrogen-bond donors (Lipinski definition) is 2. The first-order valence-electron chi connectivity index (χ1n) is 5.25. The van der Waals surface area contributed by atoms with Gasteiger partial charge in [-0.2, -0.15) is 0 Å². The van der Waals surface area contributed by atoms with Gasteiger partial charge in [0.05, 0.1) is 0 Å². The van der Waals surface area contributed by atoms with Crippen LogP contribution in [0.1, 0.15) is 11.7 Å². The van der Waals surface area contributed by atoms with Crippen LogP contribution in [0.25, 0.3) is 11.1 Å². The summed E-state index contributed by atoms with van der Waals surface area (Å²) in [6.45, 7) is 0. The van der Waals surface area contributed by atoms with Gasteiger partial charge in [0.1, 0.15) is 0 Å². The second-order valence-corrected chi connectivity index (χ2v) is 3.69. The van der Waals surface area contributed by atoms with E-state index in [4.69, 9.17) is 5.11 Å². The number of carboxylic acids is 1. The first kappa shape index (κ1) is 11.4. The van der Waals surface area contributed by atoms with Gasteiger partial charge in [-0.05, 0) is 16.7 Å². The number of carbonyl (C=O) groups is 1. The first-order valence-corrected chi connectivity index (χ1v) is 5.25. The summed E-state index contributed by atoms with van der Waals surface area (Å²) in [4.78, 5) is 10.8. The van der Waals surface area contributed by atoms with Crippen LogP contribution in [0.15, 0.2) is 54.6 Å². The van der Waals surface area contributed by atoms with E-state index >= 15 is 0 Å². The fraction of sp³-hybridized carbons (Fsp3) is 0.0714. The van der Waals surface area contributed by atoms with Crippen LogP contribution in [0.5, 0.6) is 0 Å². The van der Waals surface area contributed by atoms with Gasteiger partial charge < -0.3 is 10.2 Å². The molecule has 17 heavy (non-hydrogen) atoms. The number of aliphatic hydroxyl groups excluding tert-OH is 1. The van der Waals surface area contributed by atoms with Crippen LogP contribution in [0.2, 0.25) is 0 Å². The molecule has 0 saturated heterocycles. The highest BCUT2D eigenvalue weighted by atomic mass is 16.4. The third kappa shape index (κ3) is 2.34. The van der Waals surface area contributed by atoms with Crippen LogP contribution in [0, 0.1) is 0 Å². The molecule has 0 bridgehead atoms. The minimum atomic E-state index is -1.49. The minimum absolute atomic E-state index is 0.409. The van der Waals surface area contributed by atoms with Gasteiger partial charge in [-0.3, -0.25) is 0 Å². The van der Waals surface area contributed by atoms with Crippen molar-refractivity contribution < 1.29 is 15.0 Å². The number of aliphatic carboxylic acids is 1. The SMILES string of the molecule is O=C(O)[C@@H](O)c1ccccc1-c1ccccc1. The third-order valence-electron chi connectivity index (χ3n) is 2.57. The first-order chi connectivity index (χ1) is 8.20. The van der Waals surface area contributed by atoms with E-state index in [1.807, 2.05) is 36.4 Å². The Morgan fingerprint density at radius 2 is 1.53 bits per heavy atom. The maximum atomic E-state index is 10.8. The predicted molar refractivity (Wildman–Crippen MR) is 64.5 cm³/mol. The molecule has 2 N–H and O–H groups in total. The molecule has 0 aliphatic heterocycles. The average molecular weight is 228 g/mol. The molecule has 2 aromatic carbocycles. The summed E-state index contributed by atoms with van der Waals surface area (Å²) < 4.78 is 0. The lowest BCUT2D eigenvalue weighted by molar-refractivity contribution is -0.146. The summed E-state index contributed by atoms with van der Waals surface area (Å²) in [6, 6.07) is 16.4. The smallest absolute Gasteiger partial charge is 0.337 e. The topological polar surface area (TPSA) is 57.5 Å². The molecule has 1 atom stereocenters. The molecule has 3 nitrogen and oxygen atoms in total. The molecule has 0 heterocycles. The third-order valence-corrected chi connectivity index (χ3v) is 2.57. The standard InChI is InChI=1S/C14H12O3/c15-13(14(16)17)12-9-5-4-8-11(12)10-6-2-1-3-7-10/h1-9,13,15H,(H,16,17)/t13-/m0/s1. The Morgan fingerprint density at radius 3 is 2.18 bits per heavy atom. The number of hydrogen-bond acceptors (Lipinski definition) is 2. The largest absolute Gasteiger partial charge is 0.479 e. The number of carboxylic acid groups (broad SMARTS) is 1. The molecule has 86 valence electrons. The molecule has 0 saturated carbocycles. The zero-order valence-electron chi connectivity index (χ0n) is 9.08. The molecule has 0 aliphatic carbocycles. The van der Waals surface area contributed by atoms with Crippen molar-refractivity contribution in [2.75, 3.05) is 0 Å². The fourth-order valence-corrected chi connectivity index (χ4v) is 1.75. The zero-order chi connectivity index (χ0) is 12.3. The highest BCUT2D eigenvalue weighted by Gasteiger charge is 2.19. The fourth-order valence-electron chi connectivity index (χ4n) is 1.75. The Labute approximate surface area is 99.0 Å². The molecule has 0 spiro atoms. The maximum absolute atomic E-state index is 10.8. The lowest BCUT2D eigenvalue weighted by Gasteiger charge is -2.12. The highest BCUT2D eigenvalue weighted by Crippen LogP contribution is 2.28. The molecule has 0 amide bonds. The molecule has 0 radical (unpaired) electrons. The summed E-state index contributed by atoms with van der Waals surface area (Å²) in [6.07, 6.45) is -1.49. The van der Waals surface area contributed by atoms with Crippen molar-refractivity contribution >= 4 is 5.97 Å². The summed E-state index contributed by atoms with van der Waals surface area (Å²) in [5.41, 5.74) is 2.04. The predicted octanol–water partition coefficient (Wildman–Crippen LogP) is 2.47. The Bertz CT molecular complexity index is 520. The van der Waals surface area contributed by atoms with Crippen molar-refractivity contribution in [3.63, 3.8) is 0 Å². The van der Waals surface area contributed by atoms with Crippen LogP contribution >= 0.6 is 0 Å². The average Bonchev–Trinajstić information content (AvgIpc) is 2.39. The van der Waals surface area contributed by atoms with E-state index < -0.39 is 12.1 Å². The Hall–Kier alpha value is -2.13. The number of aliphatic hydroxyl groups is 1. The molecular weight excluding hydrogens is 216 g/mol. The molecule has 0 unspecified atom stereocenters. The molecule has 3 heteroatoms. The van der Waals surface area contributed by atoms with Crippen molar-refractivity contribution in [3.8, 4) is 11.1 Å². The van der Waals surface area contributed by atoms with Gasteiger partial charge in [0.15, 0.2) is 6.10 Å². The van der Waals surface area contributed by atoms with Crippen LogP contribution in [-0.4, -0.2) is 16.2 Å². The maximum Gasteiger partial charge on any atom is 0.337 e.